The second-order valence-corrected chi connectivity index (χ2v) is 3.26. The molecular weight excluding hydrogens is 206 g/mol. The monoisotopic (exact) mass is 215 g/mol. The zero-order chi connectivity index (χ0) is 11.0. The van der Waals surface area contributed by atoms with Crippen LogP contribution in [0.25, 0.3) is 16.7 Å². The van der Waals surface area contributed by atoms with Gasteiger partial charge in [-0.15, -0.1) is 0 Å². The van der Waals surface area contributed by atoms with E-state index in [-0.39, 0.29) is 0 Å². The lowest BCUT2D eigenvalue weighted by Crippen LogP contribution is -1.99. The standard InChI is InChI=1S/C10H9N5O/c1-16-8-4-13-10(15-6-11-5-14-15)9-7(8)2-3-12-9/h2-6,12H,1H3. The molecular formula is C10H9N5O. The van der Waals surface area contributed by atoms with Crippen LogP contribution < -0.4 is 4.74 Å². The summed E-state index contributed by atoms with van der Waals surface area (Å²) >= 11 is 0. The maximum atomic E-state index is 5.23. The van der Waals surface area contributed by atoms with Crippen molar-refractivity contribution in [2.45, 2.75) is 0 Å². The van der Waals surface area contributed by atoms with Crippen LogP contribution in [-0.4, -0.2) is 31.8 Å². The van der Waals surface area contributed by atoms with Crippen LogP contribution in [0.5, 0.6) is 5.75 Å². The molecule has 16 heavy (non-hydrogen) atoms. The highest BCUT2D eigenvalue weighted by Gasteiger charge is 2.10. The molecule has 3 heterocycles. The maximum absolute atomic E-state index is 5.23. The number of aromatic nitrogens is 5. The lowest BCUT2D eigenvalue weighted by atomic mass is 10.3. The van der Waals surface area contributed by atoms with Crippen molar-refractivity contribution in [1.82, 2.24) is 24.7 Å². The molecule has 0 aliphatic carbocycles. The Morgan fingerprint density at radius 3 is 3.12 bits per heavy atom. The first-order chi connectivity index (χ1) is 7.90. The van der Waals surface area contributed by atoms with E-state index in [0.29, 0.717) is 5.82 Å². The summed E-state index contributed by atoms with van der Waals surface area (Å²) in [5.74, 6) is 1.44. The third kappa shape index (κ3) is 1.16. The summed E-state index contributed by atoms with van der Waals surface area (Å²) in [4.78, 5) is 11.3. The summed E-state index contributed by atoms with van der Waals surface area (Å²) in [6.45, 7) is 0. The third-order valence-corrected chi connectivity index (χ3v) is 2.40. The predicted molar refractivity (Wildman–Crippen MR) is 57.6 cm³/mol. The Bertz CT molecular complexity index is 613. The van der Waals surface area contributed by atoms with Gasteiger partial charge >= 0.3 is 0 Å². The van der Waals surface area contributed by atoms with Crippen molar-refractivity contribution in [3.05, 3.63) is 31.1 Å². The lowest BCUT2D eigenvalue weighted by Gasteiger charge is -2.05. The van der Waals surface area contributed by atoms with Crippen LogP contribution in [0.2, 0.25) is 0 Å². The fourth-order valence-corrected chi connectivity index (χ4v) is 1.67. The fraction of sp³-hybridized carbons (Fsp3) is 0.100. The predicted octanol–water partition coefficient (Wildman–Crippen LogP) is 1.15. The van der Waals surface area contributed by atoms with Gasteiger partial charge in [-0.2, -0.15) is 5.10 Å². The SMILES string of the molecule is COc1cnc(-n2cncn2)c2[nH]ccc12. The number of fused-ring (bicyclic) bond motifs is 1. The molecule has 0 saturated heterocycles. The van der Waals surface area contributed by atoms with Crippen LogP contribution in [0.3, 0.4) is 0 Å². The highest BCUT2D eigenvalue weighted by molar-refractivity contribution is 5.90. The van der Waals surface area contributed by atoms with Gasteiger partial charge in [0.15, 0.2) is 5.82 Å². The molecule has 0 atom stereocenters. The Kier molecular flexibility index (Phi) is 1.86. The molecule has 0 aliphatic heterocycles. The van der Waals surface area contributed by atoms with E-state index < -0.39 is 0 Å². The van der Waals surface area contributed by atoms with Gasteiger partial charge in [0.1, 0.15) is 18.4 Å². The van der Waals surface area contributed by atoms with Gasteiger partial charge in [-0.05, 0) is 6.07 Å². The quantitative estimate of drug-likeness (QED) is 0.696. The van der Waals surface area contributed by atoms with Gasteiger partial charge in [0.05, 0.1) is 18.8 Å². The van der Waals surface area contributed by atoms with Gasteiger partial charge < -0.3 is 9.72 Å². The number of nitrogens with one attached hydrogen (secondary N) is 1. The Morgan fingerprint density at radius 2 is 2.38 bits per heavy atom. The van der Waals surface area contributed by atoms with Gasteiger partial charge in [0, 0.05) is 11.6 Å². The van der Waals surface area contributed by atoms with E-state index in [1.54, 1.807) is 24.3 Å². The summed E-state index contributed by atoms with van der Waals surface area (Å²) in [5.41, 5.74) is 0.879. The van der Waals surface area contributed by atoms with Crippen LogP contribution >= 0.6 is 0 Å². The molecule has 0 bridgehead atoms. The number of hydrogen-bond donors (Lipinski definition) is 1. The largest absolute Gasteiger partial charge is 0.494 e. The number of nitrogens with zero attached hydrogens (tertiary/aromatic N) is 4. The van der Waals surface area contributed by atoms with E-state index in [2.05, 4.69) is 20.1 Å². The zero-order valence-corrected chi connectivity index (χ0v) is 8.58. The molecule has 0 radical (unpaired) electrons. The number of H-pyrrole nitrogens is 1. The summed E-state index contributed by atoms with van der Waals surface area (Å²) in [6.07, 6.45) is 6.60. The topological polar surface area (TPSA) is 68.6 Å². The van der Waals surface area contributed by atoms with E-state index >= 15 is 0 Å². The molecule has 0 fully saturated rings. The van der Waals surface area contributed by atoms with Gasteiger partial charge in [0.25, 0.3) is 0 Å². The number of ether oxygens (including phenoxy) is 1. The highest BCUT2D eigenvalue weighted by atomic mass is 16.5. The first-order valence-electron chi connectivity index (χ1n) is 4.75. The molecule has 0 unspecified atom stereocenters. The molecule has 0 spiro atoms. The number of pyridine rings is 1. The van der Waals surface area contributed by atoms with Gasteiger partial charge in [0.2, 0.25) is 0 Å². The minimum absolute atomic E-state index is 0.707. The molecule has 1 N–H and O–H groups in total. The summed E-state index contributed by atoms with van der Waals surface area (Å²) in [5, 5.41) is 5.03. The molecule has 3 aromatic heterocycles. The molecule has 80 valence electrons. The molecule has 0 saturated carbocycles. The molecule has 0 amide bonds. The smallest absolute Gasteiger partial charge is 0.179 e. The van der Waals surface area contributed by atoms with E-state index in [1.807, 2.05) is 12.3 Å². The minimum atomic E-state index is 0.707. The van der Waals surface area contributed by atoms with Gasteiger partial charge in [-0.1, -0.05) is 0 Å². The van der Waals surface area contributed by atoms with E-state index in [1.165, 1.54) is 6.33 Å². The average Bonchev–Trinajstić information content (AvgIpc) is 2.98. The van der Waals surface area contributed by atoms with Crippen LogP contribution in [0.15, 0.2) is 31.1 Å². The van der Waals surface area contributed by atoms with Crippen molar-refractivity contribution in [1.29, 1.82) is 0 Å². The van der Waals surface area contributed by atoms with Crippen LogP contribution in [0.1, 0.15) is 0 Å². The maximum Gasteiger partial charge on any atom is 0.179 e. The first kappa shape index (κ1) is 8.90. The molecule has 6 heteroatoms. The van der Waals surface area contributed by atoms with Gasteiger partial charge in [-0.3, -0.25) is 0 Å². The third-order valence-electron chi connectivity index (χ3n) is 2.40. The van der Waals surface area contributed by atoms with Crippen molar-refractivity contribution in [3.8, 4) is 11.6 Å². The van der Waals surface area contributed by atoms with Crippen LogP contribution in [0.4, 0.5) is 0 Å². The normalized spacial score (nSPS) is 10.8. The zero-order valence-electron chi connectivity index (χ0n) is 8.58. The summed E-state index contributed by atoms with van der Waals surface area (Å²) in [7, 11) is 1.62. The highest BCUT2D eigenvalue weighted by Crippen LogP contribution is 2.26. The second kappa shape index (κ2) is 3.34. The molecule has 3 aromatic rings. The van der Waals surface area contributed by atoms with E-state index in [0.717, 1.165) is 16.7 Å². The fourth-order valence-electron chi connectivity index (χ4n) is 1.67. The minimum Gasteiger partial charge on any atom is -0.494 e. The van der Waals surface area contributed by atoms with Crippen molar-refractivity contribution in [2.75, 3.05) is 7.11 Å². The van der Waals surface area contributed by atoms with Crippen molar-refractivity contribution < 1.29 is 4.74 Å². The summed E-state index contributed by atoms with van der Waals surface area (Å²) in [6, 6.07) is 1.94. The number of rotatable bonds is 2. The van der Waals surface area contributed by atoms with Crippen molar-refractivity contribution >= 4 is 10.9 Å². The Morgan fingerprint density at radius 1 is 1.44 bits per heavy atom. The first-order valence-corrected chi connectivity index (χ1v) is 4.75. The molecule has 3 rings (SSSR count). The van der Waals surface area contributed by atoms with E-state index in [9.17, 15) is 0 Å². The molecule has 0 aromatic carbocycles. The summed E-state index contributed by atoms with van der Waals surface area (Å²) < 4.78 is 6.84. The van der Waals surface area contributed by atoms with E-state index in [4.69, 9.17) is 4.74 Å². The Hall–Kier alpha value is -2.37. The number of hydrogen-bond acceptors (Lipinski definition) is 4. The average molecular weight is 215 g/mol. The second-order valence-electron chi connectivity index (χ2n) is 3.26. The van der Waals surface area contributed by atoms with Gasteiger partial charge in [-0.25, -0.2) is 14.6 Å². The Labute approximate surface area is 90.9 Å². The molecule has 0 aliphatic rings. The Balaban J connectivity index is 2.31. The lowest BCUT2D eigenvalue weighted by molar-refractivity contribution is 0.418. The van der Waals surface area contributed by atoms with Crippen molar-refractivity contribution in [2.24, 2.45) is 0 Å². The van der Waals surface area contributed by atoms with Crippen LogP contribution in [0, 0.1) is 0 Å². The molecule has 6 nitrogen and oxygen atoms in total. The van der Waals surface area contributed by atoms with Crippen LogP contribution in [-0.2, 0) is 0 Å². The van der Waals surface area contributed by atoms with Crippen molar-refractivity contribution in [3.63, 3.8) is 0 Å². The number of methoxy groups -OCH3 is 1. The number of aromatic amines is 1.